The van der Waals surface area contributed by atoms with E-state index in [4.69, 9.17) is 0 Å². The molecule has 1 N–H and O–H groups in total. The van der Waals surface area contributed by atoms with Gasteiger partial charge in [0.05, 0.1) is 10.5 Å². The molecule has 3 rings (SSSR count). The van der Waals surface area contributed by atoms with Gasteiger partial charge in [-0.15, -0.1) is 0 Å². The summed E-state index contributed by atoms with van der Waals surface area (Å²) in [6, 6.07) is 3.42. The number of carbonyl (C=O) groups is 1. The summed E-state index contributed by atoms with van der Waals surface area (Å²) in [6.07, 6.45) is 5.06. The van der Waals surface area contributed by atoms with Gasteiger partial charge in [-0.2, -0.15) is 4.31 Å². The van der Waals surface area contributed by atoms with Crippen LogP contribution in [0.15, 0.2) is 35.5 Å². The lowest BCUT2D eigenvalue weighted by atomic mass is 9.96. The van der Waals surface area contributed by atoms with Crippen molar-refractivity contribution in [3.05, 3.63) is 47.8 Å². The summed E-state index contributed by atoms with van der Waals surface area (Å²) in [5, 5.41) is 0. The molecule has 0 bridgehead atoms. The topological polar surface area (TPSA) is 86.4 Å². The Morgan fingerprint density at radius 1 is 1.36 bits per heavy atom. The van der Waals surface area contributed by atoms with E-state index < -0.39 is 21.7 Å². The van der Waals surface area contributed by atoms with Crippen LogP contribution in [-0.4, -0.2) is 59.7 Å². The molecule has 1 aromatic carbocycles. The van der Waals surface area contributed by atoms with Gasteiger partial charge in [0.2, 0.25) is 10.0 Å². The predicted octanol–water partition coefficient (Wildman–Crippen LogP) is 2.60. The summed E-state index contributed by atoms with van der Waals surface area (Å²) in [4.78, 5) is 21.8. The third-order valence-electron chi connectivity index (χ3n) is 5.13. The number of nitrogens with zero attached hydrogens (tertiary/aromatic N) is 3. The summed E-state index contributed by atoms with van der Waals surface area (Å²) < 4.78 is 41.2. The molecule has 2 heterocycles. The Morgan fingerprint density at radius 2 is 2.11 bits per heavy atom. The van der Waals surface area contributed by atoms with Gasteiger partial charge in [0.25, 0.3) is 5.91 Å². The van der Waals surface area contributed by atoms with Crippen LogP contribution in [-0.2, 0) is 10.0 Å². The molecule has 1 aromatic heterocycles. The van der Waals surface area contributed by atoms with E-state index in [0.717, 1.165) is 30.8 Å². The molecule has 0 radical (unpaired) electrons. The summed E-state index contributed by atoms with van der Waals surface area (Å²) in [7, 11) is -3.77. The van der Waals surface area contributed by atoms with Crippen molar-refractivity contribution in [1.82, 2.24) is 19.2 Å². The molecule has 28 heavy (non-hydrogen) atoms. The first-order chi connectivity index (χ1) is 13.4. The fraction of sp³-hybridized carbons (Fsp3) is 0.474. The van der Waals surface area contributed by atoms with E-state index in [1.165, 1.54) is 10.4 Å². The van der Waals surface area contributed by atoms with Crippen molar-refractivity contribution in [3.63, 3.8) is 0 Å². The number of halogens is 1. The highest BCUT2D eigenvalue weighted by Gasteiger charge is 2.30. The van der Waals surface area contributed by atoms with E-state index in [1.54, 1.807) is 31.1 Å². The number of imidazole rings is 1. The highest BCUT2D eigenvalue weighted by molar-refractivity contribution is 7.89. The smallest absolute Gasteiger partial charge is 0.256 e. The minimum Gasteiger partial charge on any atom is -0.348 e. The summed E-state index contributed by atoms with van der Waals surface area (Å²) in [6.45, 7) is 4.99. The molecule has 9 heteroatoms. The van der Waals surface area contributed by atoms with Gasteiger partial charge in [0.15, 0.2) is 0 Å². The molecule has 0 saturated carbocycles. The van der Waals surface area contributed by atoms with E-state index in [1.807, 2.05) is 0 Å². The van der Waals surface area contributed by atoms with Crippen LogP contribution in [0.2, 0.25) is 0 Å². The average Bonchev–Trinajstić information content (AvgIpc) is 3.23. The second kappa shape index (κ2) is 8.40. The normalized spacial score (nSPS) is 17.9. The number of amides is 1. The predicted molar refractivity (Wildman–Crippen MR) is 103 cm³/mol. The average molecular weight is 408 g/mol. The number of likely N-dealkylation sites (tertiary alicyclic amines) is 1. The van der Waals surface area contributed by atoms with E-state index in [9.17, 15) is 17.6 Å². The number of nitrogens with one attached hydrogen (secondary N) is 1. The number of piperidine rings is 1. The third-order valence-corrected chi connectivity index (χ3v) is 7.17. The fourth-order valence-electron chi connectivity index (χ4n) is 3.60. The lowest BCUT2D eigenvalue weighted by molar-refractivity contribution is 0.0699. The first kappa shape index (κ1) is 20.5. The zero-order valence-electron chi connectivity index (χ0n) is 16.1. The Bertz CT molecular complexity index is 927. The van der Waals surface area contributed by atoms with Gasteiger partial charge in [-0.1, -0.05) is 13.8 Å². The van der Waals surface area contributed by atoms with Crippen molar-refractivity contribution in [3.8, 4) is 0 Å². The zero-order valence-corrected chi connectivity index (χ0v) is 16.9. The fourth-order valence-corrected chi connectivity index (χ4v) is 5.08. The van der Waals surface area contributed by atoms with Crippen molar-refractivity contribution in [2.24, 2.45) is 0 Å². The molecule has 1 unspecified atom stereocenters. The standard InChI is InChI=1S/C19H25FN4O3S/c1-3-24(4-2)28(26,27)15-7-8-17(20)16(12-15)19(25)23-11-5-6-14(13-23)18-21-9-10-22-18/h7-10,12,14H,3-6,11,13H2,1-2H3,(H,21,22). The van der Waals surface area contributed by atoms with E-state index >= 15 is 0 Å². The lowest BCUT2D eigenvalue weighted by Gasteiger charge is -2.32. The van der Waals surface area contributed by atoms with Crippen LogP contribution >= 0.6 is 0 Å². The number of H-pyrrole nitrogens is 1. The maximum Gasteiger partial charge on any atom is 0.256 e. The number of hydrogen-bond donors (Lipinski definition) is 1. The minimum atomic E-state index is -3.77. The molecule has 0 spiro atoms. The molecule has 1 aliphatic heterocycles. The maximum absolute atomic E-state index is 14.4. The third kappa shape index (κ3) is 3.95. The van der Waals surface area contributed by atoms with Crippen LogP contribution in [0.25, 0.3) is 0 Å². The van der Waals surface area contributed by atoms with Gasteiger partial charge in [0, 0.05) is 44.5 Å². The minimum absolute atomic E-state index is 0.0540. The molecule has 1 amide bonds. The number of carbonyl (C=O) groups excluding carboxylic acids is 1. The maximum atomic E-state index is 14.4. The monoisotopic (exact) mass is 408 g/mol. The second-order valence-corrected chi connectivity index (χ2v) is 8.73. The summed E-state index contributed by atoms with van der Waals surface area (Å²) in [5.41, 5.74) is -0.215. The Balaban J connectivity index is 1.87. The molecule has 152 valence electrons. The molecule has 0 aliphatic carbocycles. The Labute approximate surface area is 164 Å². The number of sulfonamides is 1. The van der Waals surface area contributed by atoms with E-state index in [-0.39, 0.29) is 16.4 Å². The Hall–Kier alpha value is -2.26. The van der Waals surface area contributed by atoms with Crippen molar-refractivity contribution >= 4 is 15.9 Å². The number of aromatic nitrogens is 2. The first-order valence-corrected chi connectivity index (χ1v) is 10.9. The SMILES string of the molecule is CCN(CC)S(=O)(=O)c1ccc(F)c(C(=O)N2CCCC(c3ncc[nH]3)C2)c1. The van der Waals surface area contributed by atoms with Crippen molar-refractivity contribution < 1.29 is 17.6 Å². The molecule has 1 saturated heterocycles. The van der Waals surface area contributed by atoms with Crippen LogP contribution in [0.1, 0.15) is 48.8 Å². The highest BCUT2D eigenvalue weighted by atomic mass is 32.2. The number of aromatic amines is 1. The number of rotatable bonds is 6. The van der Waals surface area contributed by atoms with Gasteiger partial charge in [-0.3, -0.25) is 4.79 Å². The molecular weight excluding hydrogens is 383 g/mol. The van der Waals surface area contributed by atoms with Gasteiger partial charge in [-0.25, -0.2) is 17.8 Å². The van der Waals surface area contributed by atoms with Crippen LogP contribution in [0.3, 0.4) is 0 Å². The van der Waals surface area contributed by atoms with Crippen LogP contribution in [0.5, 0.6) is 0 Å². The van der Waals surface area contributed by atoms with Gasteiger partial charge in [0.1, 0.15) is 11.6 Å². The van der Waals surface area contributed by atoms with Crippen LogP contribution in [0, 0.1) is 5.82 Å². The van der Waals surface area contributed by atoms with Crippen LogP contribution in [0.4, 0.5) is 4.39 Å². The van der Waals surface area contributed by atoms with Gasteiger partial charge >= 0.3 is 0 Å². The van der Waals surface area contributed by atoms with Crippen molar-refractivity contribution in [2.45, 2.75) is 37.5 Å². The molecule has 1 atom stereocenters. The quantitative estimate of drug-likeness (QED) is 0.796. The highest BCUT2D eigenvalue weighted by Crippen LogP contribution is 2.27. The molecule has 1 aliphatic rings. The van der Waals surface area contributed by atoms with Crippen molar-refractivity contribution in [2.75, 3.05) is 26.2 Å². The van der Waals surface area contributed by atoms with E-state index in [2.05, 4.69) is 9.97 Å². The van der Waals surface area contributed by atoms with E-state index in [0.29, 0.717) is 26.2 Å². The number of benzene rings is 1. The molecular formula is C19H25FN4O3S. The number of hydrogen-bond acceptors (Lipinski definition) is 4. The summed E-state index contributed by atoms with van der Waals surface area (Å²) in [5.74, 6) is -0.358. The second-order valence-electron chi connectivity index (χ2n) is 6.80. The summed E-state index contributed by atoms with van der Waals surface area (Å²) >= 11 is 0. The van der Waals surface area contributed by atoms with Gasteiger partial charge in [-0.05, 0) is 31.0 Å². The Kier molecular flexibility index (Phi) is 6.14. The molecule has 2 aromatic rings. The largest absolute Gasteiger partial charge is 0.348 e. The molecule has 1 fully saturated rings. The molecule has 7 nitrogen and oxygen atoms in total. The van der Waals surface area contributed by atoms with Crippen LogP contribution < -0.4 is 0 Å². The zero-order chi connectivity index (χ0) is 20.3. The first-order valence-electron chi connectivity index (χ1n) is 9.46. The van der Waals surface area contributed by atoms with Crippen molar-refractivity contribution in [1.29, 1.82) is 0 Å². The lowest BCUT2D eigenvalue weighted by Crippen LogP contribution is -2.40. The Morgan fingerprint density at radius 3 is 2.75 bits per heavy atom. The van der Waals surface area contributed by atoms with Gasteiger partial charge < -0.3 is 9.88 Å².